The van der Waals surface area contributed by atoms with Gasteiger partial charge in [-0.15, -0.1) is 11.8 Å². The zero-order valence-electron chi connectivity index (χ0n) is 11.5. The van der Waals surface area contributed by atoms with E-state index in [0.29, 0.717) is 6.54 Å². The number of carbonyl (C=O) groups excluding carboxylic acids is 1. The quantitative estimate of drug-likeness (QED) is 0.919. The Bertz CT molecular complexity index is 495. The Hall–Kier alpha value is -1.04. The van der Waals surface area contributed by atoms with E-state index in [1.54, 1.807) is 0 Å². The molecule has 2 heterocycles. The lowest BCUT2D eigenvalue weighted by Crippen LogP contribution is -2.45. The minimum Gasteiger partial charge on any atom is -0.395 e. The lowest BCUT2D eigenvalue weighted by molar-refractivity contribution is -0.120. The summed E-state index contributed by atoms with van der Waals surface area (Å²) in [5.41, 5.74) is 1.04. The molecule has 0 unspecified atom stereocenters. The van der Waals surface area contributed by atoms with Crippen LogP contribution in [0.4, 0.5) is 5.69 Å². The van der Waals surface area contributed by atoms with Crippen molar-refractivity contribution in [3.05, 3.63) is 24.3 Å². The number of anilines is 1. The first-order chi connectivity index (χ1) is 9.79. The smallest absolute Gasteiger partial charge is 0.241 e. The van der Waals surface area contributed by atoms with Gasteiger partial charge in [0.1, 0.15) is 0 Å². The number of rotatable bonds is 3. The standard InChI is InChI=1S/C15H20N2O2S/c18-11-12-4-3-7-16(12)10-15(19)17-8-9-20-14-6-2-1-5-13(14)17/h1-2,5-6,12,18H,3-4,7-11H2/t12-/m0/s1. The van der Waals surface area contributed by atoms with Gasteiger partial charge in [-0.25, -0.2) is 0 Å². The van der Waals surface area contributed by atoms with Crippen molar-refractivity contribution in [2.75, 3.05) is 36.9 Å². The van der Waals surface area contributed by atoms with E-state index in [-0.39, 0.29) is 18.6 Å². The highest BCUT2D eigenvalue weighted by atomic mass is 32.2. The molecule has 1 aromatic rings. The number of hydrogen-bond acceptors (Lipinski definition) is 4. The van der Waals surface area contributed by atoms with E-state index >= 15 is 0 Å². The summed E-state index contributed by atoms with van der Waals surface area (Å²) in [5, 5.41) is 9.35. The number of benzene rings is 1. The molecule has 0 radical (unpaired) electrons. The molecule has 2 aliphatic rings. The second kappa shape index (κ2) is 6.16. The van der Waals surface area contributed by atoms with Crippen LogP contribution in [0.5, 0.6) is 0 Å². The summed E-state index contributed by atoms with van der Waals surface area (Å²) in [5.74, 6) is 1.10. The number of aliphatic hydroxyl groups is 1. The van der Waals surface area contributed by atoms with Crippen molar-refractivity contribution in [1.82, 2.24) is 4.90 Å². The fourth-order valence-corrected chi connectivity index (χ4v) is 3.99. The van der Waals surface area contributed by atoms with Gasteiger partial charge in [0.25, 0.3) is 0 Å². The highest BCUT2D eigenvalue weighted by molar-refractivity contribution is 7.99. The first kappa shape index (κ1) is 13.9. The van der Waals surface area contributed by atoms with Crippen molar-refractivity contribution >= 4 is 23.4 Å². The third-order valence-corrected chi connectivity index (χ3v) is 5.12. The number of para-hydroxylation sites is 1. The van der Waals surface area contributed by atoms with E-state index in [1.807, 2.05) is 34.9 Å². The average molecular weight is 292 g/mol. The third-order valence-electron chi connectivity index (χ3n) is 4.08. The molecule has 1 saturated heterocycles. The molecule has 0 bridgehead atoms. The van der Waals surface area contributed by atoms with Crippen LogP contribution in [0.3, 0.4) is 0 Å². The zero-order chi connectivity index (χ0) is 13.9. The molecule has 1 N–H and O–H groups in total. The number of fused-ring (bicyclic) bond motifs is 1. The maximum atomic E-state index is 12.6. The first-order valence-electron chi connectivity index (χ1n) is 7.16. The molecule has 1 aromatic carbocycles. The minimum absolute atomic E-state index is 0.151. The highest BCUT2D eigenvalue weighted by Gasteiger charge is 2.29. The molecule has 0 aromatic heterocycles. The van der Waals surface area contributed by atoms with Gasteiger partial charge in [-0.05, 0) is 31.5 Å². The average Bonchev–Trinajstić information content (AvgIpc) is 2.93. The Morgan fingerprint density at radius 2 is 2.20 bits per heavy atom. The van der Waals surface area contributed by atoms with Crippen LogP contribution in [-0.2, 0) is 4.79 Å². The number of aliphatic hydroxyl groups excluding tert-OH is 1. The summed E-state index contributed by atoms with van der Waals surface area (Å²) in [6.45, 7) is 2.27. The van der Waals surface area contributed by atoms with Crippen molar-refractivity contribution in [1.29, 1.82) is 0 Å². The summed E-state index contributed by atoms with van der Waals surface area (Å²) >= 11 is 1.81. The molecular weight excluding hydrogens is 272 g/mol. The Morgan fingerprint density at radius 1 is 1.35 bits per heavy atom. The molecule has 5 heteroatoms. The van der Waals surface area contributed by atoms with Crippen LogP contribution in [0.15, 0.2) is 29.2 Å². The maximum absolute atomic E-state index is 12.6. The molecule has 1 fully saturated rings. The van der Waals surface area contributed by atoms with Crippen LogP contribution in [0.1, 0.15) is 12.8 Å². The number of carbonyl (C=O) groups is 1. The van der Waals surface area contributed by atoms with E-state index in [9.17, 15) is 9.90 Å². The number of thioether (sulfide) groups is 1. The molecule has 1 amide bonds. The lowest BCUT2D eigenvalue weighted by atomic mass is 10.2. The van der Waals surface area contributed by atoms with Gasteiger partial charge in [0.15, 0.2) is 0 Å². The molecular formula is C15H20N2O2S. The predicted molar refractivity (Wildman–Crippen MR) is 81.2 cm³/mol. The van der Waals surface area contributed by atoms with Crippen molar-refractivity contribution < 1.29 is 9.90 Å². The van der Waals surface area contributed by atoms with Crippen LogP contribution in [0.2, 0.25) is 0 Å². The van der Waals surface area contributed by atoms with Crippen LogP contribution < -0.4 is 4.90 Å². The van der Waals surface area contributed by atoms with Crippen LogP contribution >= 0.6 is 11.8 Å². The molecule has 2 aliphatic heterocycles. The van der Waals surface area contributed by atoms with Crippen molar-refractivity contribution in [2.45, 2.75) is 23.8 Å². The monoisotopic (exact) mass is 292 g/mol. The Morgan fingerprint density at radius 3 is 3.05 bits per heavy atom. The molecule has 108 valence electrons. The second-order valence-corrected chi connectivity index (χ2v) is 6.45. The molecule has 0 saturated carbocycles. The van der Waals surface area contributed by atoms with Gasteiger partial charge >= 0.3 is 0 Å². The largest absolute Gasteiger partial charge is 0.395 e. The van der Waals surface area contributed by atoms with Crippen molar-refractivity contribution in [3.63, 3.8) is 0 Å². The van der Waals surface area contributed by atoms with E-state index in [1.165, 1.54) is 4.90 Å². The van der Waals surface area contributed by atoms with E-state index < -0.39 is 0 Å². The van der Waals surface area contributed by atoms with Crippen molar-refractivity contribution in [3.8, 4) is 0 Å². The Labute approximate surface area is 123 Å². The fraction of sp³-hybridized carbons (Fsp3) is 0.533. The van der Waals surface area contributed by atoms with Gasteiger partial charge in [-0.1, -0.05) is 12.1 Å². The highest BCUT2D eigenvalue weighted by Crippen LogP contribution is 2.34. The Kier molecular flexibility index (Phi) is 4.29. The van der Waals surface area contributed by atoms with Gasteiger partial charge in [0, 0.05) is 23.2 Å². The molecule has 0 spiro atoms. The number of amides is 1. The van der Waals surface area contributed by atoms with Gasteiger partial charge < -0.3 is 10.0 Å². The summed E-state index contributed by atoms with van der Waals surface area (Å²) < 4.78 is 0. The molecule has 4 nitrogen and oxygen atoms in total. The fourth-order valence-electron chi connectivity index (χ4n) is 3.00. The number of nitrogens with zero attached hydrogens (tertiary/aromatic N) is 2. The lowest BCUT2D eigenvalue weighted by Gasteiger charge is -2.31. The summed E-state index contributed by atoms with van der Waals surface area (Å²) in [6, 6.07) is 8.26. The zero-order valence-corrected chi connectivity index (χ0v) is 12.3. The summed E-state index contributed by atoms with van der Waals surface area (Å²) in [6.07, 6.45) is 2.07. The van der Waals surface area contributed by atoms with Gasteiger partial charge in [0.05, 0.1) is 18.8 Å². The molecule has 0 aliphatic carbocycles. The third kappa shape index (κ3) is 2.71. The first-order valence-corrected chi connectivity index (χ1v) is 8.15. The summed E-state index contributed by atoms with van der Waals surface area (Å²) in [4.78, 5) is 17.8. The molecule has 20 heavy (non-hydrogen) atoms. The SMILES string of the molecule is O=C(CN1CCC[C@H]1CO)N1CCSc2ccccc21. The van der Waals surface area contributed by atoms with Crippen molar-refractivity contribution in [2.24, 2.45) is 0 Å². The summed E-state index contributed by atoms with van der Waals surface area (Å²) in [7, 11) is 0. The number of hydrogen-bond donors (Lipinski definition) is 1. The van der Waals surface area contributed by atoms with Crippen LogP contribution in [0.25, 0.3) is 0 Å². The van der Waals surface area contributed by atoms with Gasteiger partial charge in [-0.2, -0.15) is 0 Å². The second-order valence-electron chi connectivity index (χ2n) is 5.31. The molecule has 3 rings (SSSR count). The topological polar surface area (TPSA) is 43.8 Å². The van der Waals surface area contributed by atoms with Gasteiger partial charge in [-0.3, -0.25) is 9.69 Å². The van der Waals surface area contributed by atoms with E-state index in [0.717, 1.165) is 37.4 Å². The van der Waals surface area contributed by atoms with Crippen LogP contribution in [0, 0.1) is 0 Å². The van der Waals surface area contributed by atoms with E-state index in [4.69, 9.17) is 0 Å². The van der Waals surface area contributed by atoms with E-state index in [2.05, 4.69) is 11.0 Å². The van der Waals surface area contributed by atoms with Crippen LogP contribution in [-0.4, -0.2) is 53.9 Å². The Balaban J connectivity index is 1.72. The normalized spacial score (nSPS) is 22.9. The molecule has 1 atom stereocenters. The number of likely N-dealkylation sites (tertiary alicyclic amines) is 1. The maximum Gasteiger partial charge on any atom is 0.241 e. The van der Waals surface area contributed by atoms with Gasteiger partial charge in [0.2, 0.25) is 5.91 Å². The predicted octanol–water partition coefficient (Wildman–Crippen LogP) is 1.58. The minimum atomic E-state index is 0.151.